The topological polar surface area (TPSA) is 40.1 Å². The SMILES string of the molecule is CCc1cc2c(s1)Nc1cc(F)ccc1N=C2N1CCN(C)[C@@H](CCOC)C1.ClCl. The number of anilines is 2. The smallest absolute Gasteiger partial charge is 0.139 e. The van der Waals surface area contributed by atoms with Crippen molar-refractivity contribution < 1.29 is 9.13 Å². The van der Waals surface area contributed by atoms with E-state index in [2.05, 4.69) is 56.9 Å². The van der Waals surface area contributed by atoms with Crippen LogP contribution >= 0.6 is 33.0 Å². The van der Waals surface area contributed by atoms with E-state index in [0.717, 1.165) is 66.9 Å². The van der Waals surface area contributed by atoms with Gasteiger partial charge in [0.1, 0.15) is 16.7 Å². The van der Waals surface area contributed by atoms with Crippen LogP contribution in [0.15, 0.2) is 29.3 Å². The van der Waals surface area contributed by atoms with E-state index in [1.807, 2.05) is 0 Å². The Morgan fingerprint density at radius 1 is 1.30 bits per heavy atom. The first kappa shape index (κ1) is 23.3. The molecule has 30 heavy (non-hydrogen) atoms. The van der Waals surface area contributed by atoms with Crippen molar-refractivity contribution in [1.82, 2.24) is 9.80 Å². The number of hydrogen-bond acceptors (Lipinski definition) is 6. The van der Waals surface area contributed by atoms with Gasteiger partial charge in [-0.15, -0.1) is 11.3 Å². The maximum absolute atomic E-state index is 13.8. The molecule has 1 fully saturated rings. The van der Waals surface area contributed by atoms with Crippen LogP contribution < -0.4 is 5.32 Å². The van der Waals surface area contributed by atoms with E-state index in [4.69, 9.17) is 9.73 Å². The Bertz CT molecular complexity index is 892. The van der Waals surface area contributed by atoms with Crippen LogP contribution in [0.5, 0.6) is 0 Å². The van der Waals surface area contributed by atoms with E-state index >= 15 is 0 Å². The Labute approximate surface area is 191 Å². The molecule has 4 rings (SSSR count). The number of rotatable bonds is 4. The van der Waals surface area contributed by atoms with E-state index in [1.54, 1.807) is 24.5 Å². The Balaban J connectivity index is 0.00000124. The summed E-state index contributed by atoms with van der Waals surface area (Å²) >= 11 is 1.73. The molecule has 1 N–H and O–H groups in total. The standard InChI is InChI=1S/C21H27FN4OS.Cl2/c1-4-16-12-17-20(26-9-8-25(2)15(13-26)7-10-27-3)23-18-6-5-14(22)11-19(18)24-21(17)28-16;1-2/h5-6,11-12,15,24H,4,7-10,13H2,1-3H3;/t15-;/m0./s1. The molecule has 5 nitrogen and oxygen atoms in total. The van der Waals surface area contributed by atoms with Crippen LogP contribution in [-0.2, 0) is 11.2 Å². The Kier molecular flexibility index (Phi) is 8.36. The molecule has 164 valence electrons. The van der Waals surface area contributed by atoms with Crippen molar-refractivity contribution in [1.29, 1.82) is 0 Å². The molecule has 1 aromatic heterocycles. The normalized spacial score (nSPS) is 18.4. The van der Waals surface area contributed by atoms with E-state index in [0.29, 0.717) is 6.04 Å². The highest BCUT2D eigenvalue weighted by molar-refractivity contribution is 7.16. The number of benzene rings is 1. The molecular formula is C21H27Cl2FN4OS. The van der Waals surface area contributed by atoms with Gasteiger partial charge in [-0.3, -0.25) is 4.90 Å². The minimum Gasteiger partial charge on any atom is -0.385 e. The van der Waals surface area contributed by atoms with Gasteiger partial charge in [0.25, 0.3) is 0 Å². The number of aliphatic imine (C=N–C) groups is 1. The second kappa shape index (κ2) is 10.8. The molecule has 2 aliphatic heterocycles. The lowest BCUT2D eigenvalue weighted by Crippen LogP contribution is -2.53. The summed E-state index contributed by atoms with van der Waals surface area (Å²) in [6.45, 7) is 5.73. The van der Waals surface area contributed by atoms with Crippen LogP contribution in [0.25, 0.3) is 0 Å². The van der Waals surface area contributed by atoms with Gasteiger partial charge >= 0.3 is 0 Å². The lowest BCUT2D eigenvalue weighted by Gasteiger charge is -2.40. The second-order valence-corrected chi connectivity index (χ2v) is 8.53. The van der Waals surface area contributed by atoms with Crippen LogP contribution in [0.4, 0.5) is 20.8 Å². The number of aryl methyl sites for hydroxylation is 1. The van der Waals surface area contributed by atoms with Crippen molar-refractivity contribution in [3.63, 3.8) is 0 Å². The van der Waals surface area contributed by atoms with Crippen molar-refractivity contribution in [2.24, 2.45) is 4.99 Å². The maximum atomic E-state index is 13.8. The summed E-state index contributed by atoms with van der Waals surface area (Å²) in [5.74, 6) is 0.734. The number of thiophene rings is 1. The molecular weight excluding hydrogens is 446 g/mol. The third kappa shape index (κ3) is 5.08. The summed E-state index contributed by atoms with van der Waals surface area (Å²) in [5.41, 5.74) is 2.63. The summed E-state index contributed by atoms with van der Waals surface area (Å²) in [4.78, 5) is 11.1. The molecule has 1 aromatic carbocycles. The van der Waals surface area contributed by atoms with Crippen molar-refractivity contribution in [2.75, 3.05) is 45.7 Å². The summed E-state index contributed by atoms with van der Waals surface area (Å²) in [6.07, 6.45) is 1.97. The van der Waals surface area contributed by atoms with Gasteiger partial charge in [-0.05, 0) is 44.2 Å². The Hall–Kier alpha value is -1.38. The van der Waals surface area contributed by atoms with Crippen LogP contribution in [-0.4, -0.2) is 62.1 Å². The number of amidine groups is 1. The van der Waals surface area contributed by atoms with Gasteiger partial charge in [-0.1, -0.05) is 6.92 Å². The fourth-order valence-electron chi connectivity index (χ4n) is 3.82. The van der Waals surface area contributed by atoms with Gasteiger partial charge in [-0.2, -0.15) is 0 Å². The number of nitrogens with one attached hydrogen (secondary N) is 1. The van der Waals surface area contributed by atoms with Crippen molar-refractivity contribution in [2.45, 2.75) is 25.8 Å². The van der Waals surface area contributed by atoms with E-state index < -0.39 is 0 Å². The lowest BCUT2D eigenvalue weighted by molar-refractivity contribution is 0.100. The molecule has 0 saturated carbocycles. The number of halogens is 3. The van der Waals surface area contributed by atoms with E-state index in [9.17, 15) is 4.39 Å². The first-order valence-electron chi connectivity index (χ1n) is 9.95. The van der Waals surface area contributed by atoms with Gasteiger partial charge in [-0.25, -0.2) is 9.38 Å². The average Bonchev–Trinajstić information content (AvgIpc) is 3.10. The summed E-state index contributed by atoms with van der Waals surface area (Å²) in [5, 5.41) is 4.48. The summed E-state index contributed by atoms with van der Waals surface area (Å²) in [7, 11) is 12.2. The fraction of sp³-hybridized carbons (Fsp3) is 0.476. The van der Waals surface area contributed by atoms with Crippen LogP contribution in [0, 0.1) is 5.82 Å². The molecule has 2 aliphatic rings. The highest BCUT2D eigenvalue weighted by Gasteiger charge is 2.30. The molecule has 0 unspecified atom stereocenters. The molecule has 3 heterocycles. The summed E-state index contributed by atoms with van der Waals surface area (Å²) in [6, 6.07) is 7.42. The highest BCUT2D eigenvalue weighted by atomic mass is 36.5. The first-order chi connectivity index (χ1) is 14.6. The lowest BCUT2D eigenvalue weighted by atomic mass is 10.1. The molecule has 0 radical (unpaired) electrons. The van der Waals surface area contributed by atoms with Gasteiger partial charge in [0.05, 0.1) is 16.9 Å². The molecule has 0 aliphatic carbocycles. The number of piperazine rings is 1. The minimum atomic E-state index is -0.252. The average molecular weight is 473 g/mol. The number of fused-ring (bicyclic) bond motifs is 2. The Morgan fingerprint density at radius 2 is 2.10 bits per heavy atom. The van der Waals surface area contributed by atoms with Crippen molar-refractivity contribution in [3.05, 3.63) is 40.5 Å². The minimum absolute atomic E-state index is 0.252. The molecule has 2 aromatic rings. The zero-order chi connectivity index (χ0) is 21.7. The van der Waals surface area contributed by atoms with Crippen LogP contribution in [0.1, 0.15) is 23.8 Å². The molecule has 0 amide bonds. The molecule has 0 bridgehead atoms. The first-order valence-corrected chi connectivity index (χ1v) is 11.9. The zero-order valence-electron chi connectivity index (χ0n) is 17.4. The predicted octanol–water partition coefficient (Wildman–Crippen LogP) is 5.62. The summed E-state index contributed by atoms with van der Waals surface area (Å²) < 4.78 is 19.1. The Morgan fingerprint density at radius 3 is 2.83 bits per heavy atom. The van der Waals surface area contributed by atoms with Gasteiger partial charge in [0, 0.05) is 66.0 Å². The number of hydrogen-bond donors (Lipinski definition) is 1. The number of methoxy groups -OCH3 is 1. The van der Waals surface area contributed by atoms with Crippen molar-refractivity contribution >= 4 is 55.3 Å². The predicted molar refractivity (Wildman–Crippen MR) is 126 cm³/mol. The van der Waals surface area contributed by atoms with E-state index in [1.165, 1.54) is 17.0 Å². The monoisotopic (exact) mass is 472 g/mol. The number of nitrogens with zero attached hydrogens (tertiary/aromatic N) is 3. The quantitative estimate of drug-likeness (QED) is 0.626. The maximum Gasteiger partial charge on any atom is 0.139 e. The number of ether oxygens (including phenoxy) is 1. The number of likely N-dealkylation sites (N-methyl/N-ethyl adjacent to an activating group) is 1. The van der Waals surface area contributed by atoms with Gasteiger partial charge < -0.3 is 15.0 Å². The third-order valence-electron chi connectivity index (χ3n) is 5.54. The fourth-order valence-corrected chi connectivity index (χ4v) is 4.83. The second-order valence-electron chi connectivity index (χ2n) is 7.39. The molecule has 0 spiro atoms. The molecule has 9 heteroatoms. The largest absolute Gasteiger partial charge is 0.385 e. The molecule has 1 saturated heterocycles. The third-order valence-corrected chi connectivity index (χ3v) is 6.73. The van der Waals surface area contributed by atoms with E-state index in [-0.39, 0.29) is 5.82 Å². The van der Waals surface area contributed by atoms with Crippen LogP contribution in [0.2, 0.25) is 0 Å². The zero-order valence-corrected chi connectivity index (χ0v) is 19.7. The van der Waals surface area contributed by atoms with Gasteiger partial charge in [0.15, 0.2) is 0 Å². The molecule has 1 atom stereocenters. The van der Waals surface area contributed by atoms with Crippen LogP contribution in [0.3, 0.4) is 0 Å². The van der Waals surface area contributed by atoms with Crippen molar-refractivity contribution in [3.8, 4) is 0 Å². The highest BCUT2D eigenvalue weighted by Crippen LogP contribution is 2.40. The van der Waals surface area contributed by atoms with Gasteiger partial charge in [0.2, 0.25) is 0 Å².